The van der Waals surface area contributed by atoms with Gasteiger partial charge in [0.25, 0.3) is 0 Å². The van der Waals surface area contributed by atoms with Gasteiger partial charge in [0.2, 0.25) is 0 Å². The fraction of sp³-hybridized carbons (Fsp3) is 1.00. The van der Waals surface area contributed by atoms with Gasteiger partial charge >= 0.3 is 0 Å². The molecule has 0 spiro atoms. The Morgan fingerprint density at radius 2 is 1.85 bits per heavy atom. The Kier molecular flexibility index (Phi) is 6.96. The van der Waals surface area contributed by atoms with Crippen molar-refractivity contribution >= 4 is 0 Å². The summed E-state index contributed by atoms with van der Waals surface area (Å²) in [5.41, 5.74) is 0.722. The van der Waals surface area contributed by atoms with Crippen molar-refractivity contribution in [3.63, 3.8) is 0 Å². The molecule has 0 bridgehead atoms. The molecular weight excluding hydrogens is 248 g/mol. The molecule has 1 N–H and O–H groups in total. The van der Waals surface area contributed by atoms with Gasteiger partial charge in [0.15, 0.2) is 0 Å². The van der Waals surface area contributed by atoms with Gasteiger partial charge in [-0.3, -0.25) is 0 Å². The van der Waals surface area contributed by atoms with E-state index in [0.717, 1.165) is 26.3 Å². The summed E-state index contributed by atoms with van der Waals surface area (Å²) in [5.74, 6) is 0. The maximum absolute atomic E-state index is 5.59. The fourth-order valence-electron chi connectivity index (χ4n) is 3.05. The van der Waals surface area contributed by atoms with Gasteiger partial charge in [-0.2, -0.15) is 0 Å². The third-order valence-electron chi connectivity index (χ3n) is 4.98. The molecule has 1 aliphatic rings. The molecule has 20 heavy (non-hydrogen) atoms. The number of hydrogen-bond acceptors (Lipinski definition) is 3. The molecule has 120 valence electrons. The molecular formula is C17H36N2O. The summed E-state index contributed by atoms with van der Waals surface area (Å²) >= 11 is 0. The first-order valence-electron chi connectivity index (χ1n) is 8.29. The van der Waals surface area contributed by atoms with Crippen LogP contribution in [-0.4, -0.2) is 50.8 Å². The van der Waals surface area contributed by atoms with E-state index in [4.69, 9.17) is 4.74 Å². The first-order valence-corrected chi connectivity index (χ1v) is 8.29. The van der Waals surface area contributed by atoms with E-state index in [1.807, 2.05) is 0 Å². The van der Waals surface area contributed by atoms with Gasteiger partial charge in [0, 0.05) is 32.3 Å². The SMILES string of the molecule is CCCNCC1(CN(C)C(C)C(C)(C)C)CCOCC1. The van der Waals surface area contributed by atoms with Crippen molar-refractivity contribution in [2.45, 2.75) is 59.9 Å². The van der Waals surface area contributed by atoms with Gasteiger partial charge in [-0.25, -0.2) is 0 Å². The minimum Gasteiger partial charge on any atom is -0.381 e. The summed E-state index contributed by atoms with van der Waals surface area (Å²) in [5, 5.41) is 3.65. The zero-order valence-corrected chi connectivity index (χ0v) is 14.6. The zero-order chi connectivity index (χ0) is 15.2. The average molecular weight is 284 g/mol. The summed E-state index contributed by atoms with van der Waals surface area (Å²) in [7, 11) is 2.28. The largest absolute Gasteiger partial charge is 0.381 e. The van der Waals surface area contributed by atoms with E-state index in [1.165, 1.54) is 25.8 Å². The first kappa shape index (κ1) is 17.9. The van der Waals surface area contributed by atoms with Crippen molar-refractivity contribution in [1.82, 2.24) is 10.2 Å². The lowest BCUT2D eigenvalue weighted by atomic mass is 9.78. The van der Waals surface area contributed by atoms with Crippen LogP contribution in [0.5, 0.6) is 0 Å². The molecule has 0 radical (unpaired) electrons. The smallest absolute Gasteiger partial charge is 0.0472 e. The molecule has 0 aromatic rings. The zero-order valence-electron chi connectivity index (χ0n) is 14.6. The molecule has 1 fully saturated rings. The first-order chi connectivity index (χ1) is 9.31. The number of ether oxygens (including phenoxy) is 1. The highest BCUT2D eigenvalue weighted by atomic mass is 16.5. The van der Waals surface area contributed by atoms with Gasteiger partial charge in [0.05, 0.1) is 0 Å². The molecule has 0 aromatic carbocycles. The summed E-state index contributed by atoms with van der Waals surface area (Å²) in [6.07, 6.45) is 3.58. The second kappa shape index (κ2) is 7.77. The standard InChI is InChI=1S/C17H36N2O/c1-7-10-18-13-17(8-11-20-12-9-17)14-19(6)15(2)16(3,4)5/h15,18H,7-14H2,1-6H3. The highest BCUT2D eigenvalue weighted by Gasteiger charge is 2.36. The third-order valence-corrected chi connectivity index (χ3v) is 4.98. The van der Waals surface area contributed by atoms with E-state index >= 15 is 0 Å². The molecule has 0 aliphatic carbocycles. The number of nitrogens with one attached hydrogen (secondary N) is 1. The highest BCUT2D eigenvalue weighted by Crippen LogP contribution is 2.33. The average Bonchev–Trinajstić information content (AvgIpc) is 2.38. The van der Waals surface area contributed by atoms with E-state index in [2.05, 4.69) is 51.9 Å². The highest BCUT2D eigenvalue weighted by molar-refractivity contribution is 4.89. The molecule has 0 aromatic heterocycles. The lowest BCUT2D eigenvalue weighted by molar-refractivity contribution is -0.0139. The van der Waals surface area contributed by atoms with Crippen molar-refractivity contribution in [2.24, 2.45) is 10.8 Å². The minimum absolute atomic E-state index is 0.331. The van der Waals surface area contributed by atoms with Crippen LogP contribution in [0.4, 0.5) is 0 Å². The molecule has 1 unspecified atom stereocenters. The van der Waals surface area contributed by atoms with Crippen LogP contribution in [0, 0.1) is 10.8 Å². The second-order valence-electron chi connectivity index (χ2n) is 7.75. The summed E-state index contributed by atoms with van der Waals surface area (Å²) < 4.78 is 5.59. The number of nitrogens with zero attached hydrogens (tertiary/aromatic N) is 1. The van der Waals surface area contributed by atoms with Crippen LogP contribution in [0.3, 0.4) is 0 Å². The Hall–Kier alpha value is -0.120. The maximum Gasteiger partial charge on any atom is 0.0472 e. The van der Waals surface area contributed by atoms with E-state index in [0.29, 0.717) is 16.9 Å². The van der Waals surface area contributed by atoms with Gasteiger partial charge in [-0.05, 0) is 50.6 Å². The molecule has 1 aliphatic heterocycles. The minimum atomic E-state index is 0.331. The molecule has 1 heterocycles. The Labute approximate surface area is 126 Å². The lowest BCUT2D eigenvalue weighted by Gasteiger charge is -2.44. The van der Waals surface area contributed by atoms with E-state index in [-0.39, 0.29) is 0 Å². The number of rotatable bonds is 7. The van der Waals surface area contributed by atoms with Crippen LogP contribution in [0.25, 0.3) is 0 Å². The van der Waals surface area contributed by atoms with Crippen LogP contribution < -0.4 is 5.32 Å². The Balaban J connectivity index is 2.64. The predicted octanol–water partition coefficient (Wildman–Crippen LogP) is 3.15. The number of hydrogen-bond donors (Lipinski definition) is 1. The summed E-state index contributed by atoms with van der Waals surface area (Å²) in [6.45, 7) is 16.9. The quantitative estimate of drug-likeness (QED) is 0.727. The molecule has 0 saturated carbocycles. The molecule has 0 amide bonds. The maximum atomic E-state index is 5.59. The Bertz CT molecular complexity index is 267. The molecule has 3 heteroatoms. The Morgan fingerprint density at radius 3 is 2.35 bits per heavy atom. The normalized spacial score (nSPS) is 21.1. The fourth-order valence-corrected chi connectivity index (χ4v) is 3.05. The van der Waals surface area contributed by atoms with Gasteiger partial charge < -0.3 is 15.0 Å². The van der Waals surface area contributed by atoms with Crippen molar-refractivity contribution in [3.8, 4) is 0 Å². The van der Waals surface area contributed by atoms with Crippen molar-refractivity contribution in [2.75, 3.05) is 39.9 Å². The predicted molar refractivity (Wildman–Crippen MR) is 87.2 cm³/mol. The molecule has 3 nitrogen and oxygen atoms in total. The van der Waals surface area contributed by atoms with E-state index in [1.54, 1.807) is 0 Å². The monoisotopic (exact) mass is 284 g/mol. The molecule has 1 saturated heterocycles. The second-order valence-corrected chi connectivity index (χ2v) is 7.75. The van der Waals surface area contributed by atoms with Crippen LogP contribution in [0.15, 0.2) is 0 Å². The van der Waals surface area contributed by atoms with Gasteiger partial charge in [0.1, 0.15) is 0 Å². The van der Waals surface area contributed by atoms with Gasteiger partial charge in [-0.15, -0.1) is 0 Å². The van der Waals surface area contributed by atoms with E-state index in [9.17, 15) is 0 Å². The van der Waals surface area contributed by atoms with Crippen LogP contribution >= 0.6 is 0 Å². The molecule has 1 atom stereocenters. The van der Waals surface area contributed by atoms with Crippen molar-refractivity contribution < 1.29 is 4.74 Å². The van der Waals surface area contributed by atoms with Crippen molar-refractivity contribution in [1.29, 1.82) is 0 Å². The molecule has 1 rings (SSSR count). The van der Waals surface area contributed by atoms with Crippen LogP contribution in [0.1, 0.15) is 53.9 Å². The van der Waals surface area contributed by atoms with E-state index < -0.39 is 0 Å². The Morgan fingerprint density at radius 1 is 1.25 bits per heavy atom. The van der Waals surface area contributed by atoms with Crippen molar-refractivity contribution in [3.05, 3.63) is 0 Å². The van der Waals surface area contributed by atoms with Crippen LogP contribution in [-0.2, 0) is 4.74 Å². The third kappa shape index (κ3) is 5.34. The van der Waals surface area contributed by atoms with Crippen LogP contribution in [0.2, 0.25) is 0 Å². The lowest BCUT2D eigenvalue weighted by Crippen LogP contribution is -2.50. The topological polar surface area (TPSA) is 24.5 Å². The van der Waals surface area contributed by atoms with Gasteiger partial charge in [-0.1, -0.05) is 27.7 Å². The summed E-state index contributed by atoms with van der Waals surface area (Å²) in [4.78, 5) is 2.55. The summed E-state index contributed by atoms with van der Waals surface area (Å²) in [6, 6.07) is 0.591.